The van der Waals surface area contributed by atoms with Crippen molar-refractivity contribution in [2.45, 2.75) is 12.8 Å². The van der Waals surface area contributed by atoms with Crippen LogP contribution in [0.25, 0.3) is 0 Å². The van der Waals surface area contributed by atoms with Gasteiger partial charge in [0, 0.05) is 12.8 Å². The van der Waals surface area contributed by atoms with Crippen LogP contribution in [-0.4, -0.2) is 5.78 Å². The molecule has 58 valence electrons. The van der Waals surface area contributed by atoms with Crippen molar-refractivity contribution >= 4 is 5.78 Å². The summed E-state index contributed by atoms with van der Waals surface area (Å²) in [5.41, 5.74) is 2.75. The van der Waals surface area contributed by atoms with Crippen LogP contribution in [0.1, 0.15) is 16.7 Å². The molecule has 2 nitrogen and oxygen atoms in total. The molecule has 12 heavy (non-hydrogen) atoms. The van der Waals surface area contributed by atoms with Gasteiger partial charge in [0.05, 0.1) is 11.6 Å². The highest BCUT2D eigenvalue weighted by atomic mass is 16.1. The number of carbonyl (C=O) groups excluding carboxylic acids is 1. The average molecular weight is 157 g/mol. The lowest BCUT2D eigenvalue weighted by molar-refractivity contribution is -0.117. The SMILES string of the molecule is N#Cc1ccc2c(c1)CC(=O)C2. The maximum absolute atomic E-state index is 11.0. The Kier molecular flexibility index (Phi) is 1.44. The number of ketones is 1. The number of nitrogens with zero attached hydrogens (tertiary/aromatic N) is 1. The normalized spacial score (nSPS) is 14.1. The van der Waals surface area contributed by atoms with Gasteiger partial charge in [0.2, 0.25) is 0 Å². The van der Waals surface area contributed by atoms with Gasteiger partial charge in [-0.1, -0.05) is 6.07 Å². The lowest BCUT2D eigenvalue weighted by Crippen LogP contribution is -1.92. The summed E-state index contributed by atoms with van der Waals surface area (Å²) in [5.74, 6) is 0.250. The molecule has 1 aromatic rings. The molecule has 2 rings (SSSR count). The molecule has 0 saturated carbocycles. The van der Waals surface area contributed by atoms with E-state index in [1.54, 1.807) is 12.1 Å². The fourth-order valence-corrected chi connectivity index (χ4v) is 1.52. The maximum Gasteiger partial charge on any atom is 0.141 e. The van der Waals surface area contributed by atoms with Gasteiger partial charge >= 0.3 is 0 Å². The van der Waals surface area contributed by atoms with Gasteiger partial charge in [-0.05, 0) is 23.3 Å². The van der Waals surface area contributed by atoms with Crippen molar-refractivity contribution in [2.24, 2.45) is 0 Å². The van der Waals surface area contributed by atoms with Crippen LogP contribution in [0.15, 0.2) is 18.2 Å². The van der Waals surface area contributed by atoms with E-state index in [4.69, 9.17) is 5.26 Å². The van der Waals surface area contributed by atoms with Crippen molar-refractivity contribution in [1.29, 1.82) is 5.26 Å². The smallest absolute Gasteiger partial charge is 0.141 e. The summed E-state index contributed by atoms with van der Waals surface area (Å²) in [6.07, 6.45) is 1.05. The zero-order valence-electron chi connectivity index (χ0n) is 6.50. The van der Waals surface area contributed by atoms with E-state index in [0.29, 0.717) is 18.4 Å². The summed E-state index contributed by atoms with van der Waals surface area (Å²) >= 11 is 0. The standard InChI is InChI=1S/C10H7NO/c11-6-7-1-2-8-4-10(12)5-9(8)3-7/h1-3H,4-5H2. The first kappa shape index (κ1) is 7.05. The second kappa shape index (κ2) is 2.46. The molecule has 0 spiro atoms. The van der Waals surface area contributed by atoms with E-state index in [-0.39, 0.29) is 5.78 Å². The molecule has 0 radical (unpaired) electrons. The van der Waals surface area contributed by atoms with Gasteiger partial charge in [-0.2, -0.15) is 5.26 Å². The zero-order chi connectivity index (χ0) is 8.55. The summed E-state index contributed by atoms with van der Waals surface area (Å²) in [6, 6.07) is 7.50. The third kappa shape index (κ3) is 0.998. The molecule has 0 aliphatic heterocycles. The van der Waals surface area contributed by atoms with Crippen molar-refractivity contribution < 1.29 is 4.79 Å². The van der Waals surface area contributed by atoms with Gasteiger partial charge in [0.15, 0.2) is 0 Å². The Morgan fingerprint density at radius 1 is 1.25 bits per heavy atom. The minimum absolute atomic E-state index is 0.250. The van der Waals surface area contributed by atoms with E-state index in [2.05, 4.69) is 6.07 Å². The first-order chi connectivity index (χ1) is 5.79. The van der Waals surface area contributed by atoms with Gasteiger partial charge in [0.1, 0.15) is 5.78 Å². The molecule has 0 amide bonds. The number of Topliss-reactive ketones (excluding diaryl/α,β-unsaturated/α-hetero) is 1. The second-order valence-electron chi connectivity index (χ2n) is 2.99. The first-order valence-electron chi connectivity index (χ1n) is 3.83. The summed E-state index contributed by atoms with van der Waals surface area (Å²) in [6.45, 7) is 0. The molecule has 1 aromatic carbocycles. The molecule has 0 N–H and O–H groups in total. The van der Waals surface area contributed by atoms with Crippen LogP contribution in [0, 0.1) is 11.3 Å². The number of nitriles is 1. The van der Waals surface area contributed by atoms with Crippen molar-refractivity contribution in [2.75, 3.05) is 0 Å². The van der Waals surface area contributed by atoms with Gasteiger partial charge < -0.3 is 0 Å². The highest BCUT2D eigenvalue weighted by Crippen LogP contribution is 2.20. The minimum atomic E-state index is 0.250. The number of hydrogen-bond acceptors (Lipinski definition) is 2. The van der Waals surface area contributed by atoms with Gasteiger partial charge in [-0.3, -0.25) is 4.79 Å². The molecule has 0 saturated heterocycles. The molecule has 1 aliphatic rings. The Balaban J connectivity index is 2.50. The second-order valence-corrected chi connectivity index (χ2v) is 2.99. The largest absolute Gasteiger partial charge is 0.299 e. The molecule has 0 atom stereocenters. The van der Waals surface area contributed by atoms with E-state index in [1.807, 2.05) is 6.07 Å². The van der Waals surface area contributed by atoms with Gasteiger partial charge in [-0.25, -0.2) is 0 Å². The summed E-state index contributed by atoms with van der Waals surface area (Å²) in [7, 11) is 0. The first-order valence-corrected chi connectivity index (χ1v) is 3.83. The number of rotatable bonds is 0. The predicted molar refractivity (Wildman–Crippen MR) is 43.6 cm³/mol. The van der Waals surface area contributed by atoms with Crippen LogP contribution in [0.2, 0.25) is 0 Å². The zero-order valence-corrected chi connectivity index (χ0v) is 6.50. The highest BCUT2D eigenvalue weighted by molar-refractivity contribution is 5.88. The fraction of sp³-hybridized carbons (Fsp3) is 0.200. The summed E-state index contributed by atoms with van der Waals surface area (Å²) in [4.78, 5) is 11.0. The van der Waals surface area contributed by atoms with Crippen LogP contribution in [-0.2, 0) is 17.6 Å². The van der Waals surface area contributed by atoms with Gasteiger partial charge in [0.25, 0.3) is 0 Å². The quantitative estimate of drug-likeness (QED) is 0.568. The van der Waals surface area contributed by atoms with Crippen LogP contribution < -0.4 is 0 Å². The Morgan fingerprint density at radius 3 is 2.75 bits per heavy atom. The molecule has 0 heterocycles. The van der Waals surface area contributed by atoms with Crippen molar-refractivity contribution in [3.05, 3.63) is 34.9 Å². The van der Waals surface area contributed by atoms with E-state index in [1.165, 1.54) is 0 Å². The molecule has 2 heteroatoms. The van der Waals surface area contributed by atoms with E-state index in [9.17, 15) is 4.79 Å². The number of fused-ring (bicyclic) bond motifs is 1. The Bertz CT molecular complexity index is 387. The minimum Gasteiger partial charge on any atom is -0.299 e. The number of carbonyl (C=O) groups is 1. The summed E-state index contributed by atoms with van der Waals surface area (Å²) in [5, 5.41) is 8.60. The van der Waals surface area contributed by atoms with Crippen LogP contribution in [0.3, 0.4) is 0 Å². The highest BCUT2D eigenvalue weighted by Gasteiger charge is 2.17. The number of hydrogen-bond donors (Lipinski definition) is 0. The lowest BCUT2D eigenvalue weighted by atomic mass is 10.1. The summed E-state index contributed by atoms with van der Waals surface area (Å²) < 4.78 is 0. The van der Waals surface area contributed by atoms with E-state index in [0.717, 1.165) is 11.1 Å². The molecule has 0 bridgehead atoms. The molecule has 0 unspecified atom stereocenters. The molecular formula is C10H7NO. The van der Waals surface area contributed by atoms with Gasteiger partial charge in [-0.15, -0.1) is 0 Å². The number of benzene rings is 1. The fourth-order valence-electron chi connectivity index (χ4n) is 1.52. The van der Waals surface area contributed by atoms with E-state index < -0.39 is 0 Å². The monoisotopic (exact) mass is 157 g/mol. The van der Waals surface area contributed by atoms with Crippen LogP contribution >= 0.6 is 0 Å². The van der Waals surface area contributed by atoms with Crippen molar-refractivity contribution in [3.8, 4) is 6.07 Å². The topological polar surface area (TPSA) is 40.9 Å². The molecule has 0 aromatic heterocycles. The maximum atomic E-state index is 11.0. The molecule has 0 fully saturated rings. The third-order valence-electron chi connectivity index (χ3n) is 2.11. The molecule has 1 aliphatic carbocycles. The van der Waals surface area contributed by atoms with E-state index >= 15 is 0 Å². The third-order valence-corrected chi connectivity index (χ3v) is 2.11. The van der Waals surface area contributed by atoms with Crippen LogP contribution in [0.5, 0.6) is 0 Å². The Labute approximate surface area is 70.4 Å². The lowest BCUT2D eigenvalue weighted by Gasteiger charge is -1.95. The molecular weight excluding hydrogens is 150 g/mol. The Morgan fingerprint density at radius 2 is 2.00 bits per heavy atom. The predicted octanol–water partition coefficient (Wildman–Crippen LogP) is 1.23. The van der Waals surface area contributed by atoms with Crippen LogP contribution in [0.4, 0.5) is 0 Å². The average Bonchev–Trinajstić information content (AvgIpc) is 2.43. The van der Waals surface area contributed by atoms with Crippen molar-refractivity contribution in [1.82, 2.24) is 0 Å². The Hall–Kier alpha value is -1.62. The van der Waals surface area contributed by atoms with Crippen molar-refractivity contribution in [3.63, 3.8) is 0 Å².